The van der Waals surface area contributed by atoms with E-state index in [0.717, 1.165) is 16.0 Å². The second kappa shape index (κ2) is 3.91. The predicted octanol–water partition coefficient (Wildman–Crippen LogP) is 1.07. The number of carbonyl (C=O) groups excluding carboxylic acids is 2. The lowest BCUT2D eigenvalue weighted by Crippen LogP contribution is -2.34. The summed E-state index contributed by atoms with van der Waals surface area (Å²) in [4.78, 5) is 29.8. The van der Waals surface area contributed by atoms with Gasteiger partial charge in [-0.25, -0.2) is 4.99 Å². The molecule has 2 amide bonds. The maximum atomic E-state index is 12.4. The van der Waals surface area contributed by atoms with Crippen LogP contribution in [0.25, 0.3) is 0 Å². The van der Waals surface area contributed by atoms with E-state index in [1.54, 1.807) is 0 Å². The van der Waals surface area contributed by atoms with Gasteiger partial charge in [-0.3, -0.25) is 14.5 Å². The van der Waals surface area contributed by atoms with E-state index in [-0.39, 0.29) is 18.2 Å². The number of hydrogen-bond acceptors (Lipinski definition) is 4. The number of likely N-dealkylation sites (N-methyl/N-ethyl adjacent to an activating group) is 1. The first-order valence-corrected chi connectivity index (χ1v) is 6.23. The van der Waals surface area contributed by atoms with Gasteiger partial charge in [-0.05, 0) is 13.0 Å². The van der Waals surface area contributed by atoms with Crippen molar-refractivity contribution in [3.63, 3.8) is 0 Å². The normalized spacial score (nSPS) is 24.9. The Morgan fingerprint density at radius 2 is 2.11 bits per heavy atom. The molecule has 0 aliphatic carbocycles. The van der Waals surface area contributed by atoms with Gasteiger partial charge in [0.1, 0.15) is 0 Å². The van der Waals surface area contributed by atoms with E-state index in [1.165, 1.54) is 7.05 Å². The van der Waals surface area contributed by atoms with Crippen molar-refractivity contribution >= 4 is 17.7 Å². The van der Waals surface area contributed by atoms with Gasteiger partial charge in [0.05, 0.1) is 13.0 Å². The SMILES string of the molecule is CCOC1=N[C@@]2(CC(=O)N(C)C2=O)c2ccccc21. The summed E-state index contributed by atoms with van der Waals surface area (Å²) in [5.74, 6) is -0.0319. The van der Waals surface area contributed by atoms with Crippen LogP contribution in [0.5, 0.6) is 0 Å². The number of amides is 2. The standard InChI is InChI=1S/C14H14N2O3/c1-3-19-12-9-6-4-5-7-10(9)14(15-12)8-11(17)16(2)13(14)18/h4-7H,3,8H2,1-2H3/t14-/m0/s1. The van der Waals surface area contributed by atoms with Gasteiger partial charge < -0.3 is 4.74 Å². The number of benzene rings is 1. The molecule has 5 nitrogen and oxygen atoms in total. The quantitative estimate of drug-likeness (QED) is 0.708. The molecule has 0 bridgehead atoms. The first-order valence-electron chi connectivity index (χ1n) is 6.23. The third-order valence-electron chi connectivity index (χ3n) is 3.62. The zero-order chi connectivity index (χ0) is 13.6. The van der Waals surface area contributed by atoms with Gasteiger partial charge >= 0.3 is 0 Å². The van der Waals surface area contributed by atoms with Gasteiger partial charge in [0, 0.05) is 18.2 Å². The molecule has 1 aromatic rings. The minimum absolute atomic E-state index is 0.0793. The maximum absolute atomic E-state index is 12.4. The fourth-order valence-electron chi connectivity index (χ4n) is 2.67. The van der Waals surface area contributed by atoms with E-state index >= 15 is 0 Å². The van der Waals surface area contributed by atoms with Crippen molar-refractivity contribution in [2.45, 2.75) is 18.9 Å². The molecule has 0 radical (unpaired) electrons. The van der Waals surface area contributed by atoms with E-state index in [2.05, 4.69) is 4.99 Å². The number of nitrogens with zero attached hydrogens (tertiary/aromatic N) is 2. The minimum atomic E-state index is -1.10. The van der Waals surface area contributed by atoms with Crippen LogP contribution in [0.2, 0.25) is 0 Å². The van der Waals surface area contributed by atoms with Crippen LogP contribution in [-0.2, 0) is 19.9 Å². The van der Waals surface area contributed by atoms with Crippen LogP contribution in [0.1, 0.15) is 24.5 Å². The average molecular weight is 258 g/mol. The molecule has 1 spiro atoms. The van der Waals surface area contributed by atoms with E-state index in [9.17, 15) is 9.59 Å². The Hall–Kier alpha value is -2.17. The molecule has 0 unspecified atom stereocenters. The summed E-state index contributed by atoms with van der Waals surface area (Å²) in [5.41, 5.74) is 0.467. The molecular weight excluding hydrogens is 244 g/mol. The largest absolute Gasteiger partial charge is 0.478 e. The highest BCUT2D eigenvalue weighted by Gasteiger charge is 2.55. The minimum Gasteiger partial charge on any atom is -0.478 e. The van der Waals surface area contributed by atoms with Crippen LogP contribution < -0.4 is 0 Å². The van der Waals surface area contributed by atoms with Crippen LogP contribution in [0, 0.1) is 0 Å². The molecule has 1 atom stereocenters. The first kappa shape index (κ1) is 11.9. The zero-order valence-corrected chi connectivity index (χ0v) is 10.8. The molecule has 1 fully saturated rings. The highest BCUT2D eigenvalue weighted by Crippen LogP contribution is 2.43. The predicted molar refractivity (Wildman–Crippen MR) is 68.7 cm³/mol. The molecule has 2 aliphatic heterocycles. The van der Waals surface area contributed by atoms with Crippen molar-refractivity contribution in [1.29, 1.82) is 0 Å². The molecule has 5 heteroatoms. The Bertz CT molecular complexity index is 608. The fourth-order valence-corrected chi connectivity index (χ4v) is 2.67. The van der Waals surface area contributed by atoms with Crippen molar-refractivity contribution in [1.82, 2.24) is 4.90 Å². The number of aliphatic imine (C=N–C) groups is 1. The second-order valence-electron chi connectivity index (χ2n) is 4.69. The van der Waals surface area contributed by atoms with Gasteiger partial charge in [0.2, 0.25) is 11.8 Å². The monoisotopic (exact) mass is 258 g/mol. The number of ether oxygens (including phenoxy) is 1. The van der Waals surface area contributed by atoms with E-state index < -0.39 is 5.54 Å². The van der Waals surface area contributed by atoms with E-state index in [1.807, 2.05) is 31.2 Å². The summed E-state index contributed by atoms with van der Waals surface area (Å²) >= 11 is 0. The van der Waals surface area contributed by atoms with Gasteiger partial charge in [0.25, 0.3) is 5.91 Å². The Balaban J connectivity index is 2.19. The number of imide groups is 1. The van der Waals surface area contributed by atoms with Crippen molar-refractivity contribution in [3.8, 4) is 0 Å². The highest BCUT2D eigenvalue weighted by atomic mass is 16.5. The molecular formula is C14H14N2O3. The molecule has 19 heavy (non-hydrogen) atoms. The topological polar surface area (TPSA) is 59.0 Å². The lowest BCUT2D eigenvalue weighted by atomic mass is 9.88. The van der Waals surface area contributed by atoms with Crippen molar-refractivity contribution in [3.05, 3.63) is 35.4 Å². The number of hydrogen-bond donors (Lipinski definition) is 0. The zero-order valence-electron chi connectivity index (χ0n) is 10.8. The van der Waals surface area contributed by atoms with Crippen molar-refractivity contribution in [2.75, 3.05) is 13.7 Å². The first-order chi connectivity index (χ1) is 9.10. The lowest BCUT2D eigenvalue weighted by Gasteiger charge is -2.17. The molecule has 0 aromatic heterocycles. The summed E-state index contributed by atoms with van der Waals surface area (Å²) < 4.78 is 5.50. The molecule has 3 rings (SSSR count). The highest BCUT2D eigenvalue weighted by molar-refractivity contribution is 6.14. The maximum Gasteiger partial charge on any atom is 0.262 e. The van der Waals surface area contributed by atoms with Gasteiger partial charge in [0.15, 0.2) is 5.54 Å². The summed E-state index contributed by atoms with van der Waals surface area (Å²) in [6.07, 6.45) is 0.0793. The van der Waals surface area contributed by atoms with Gasteiger partial charge in [-0.2, -0.15) is 0 Å². The molecule has 98 valence electrons. The molecule has 1 aromatic carbocycles. The molecule has 1 saturated heterocycles. The Kier molecular flexibility index (Phi) is 2.45. The Labute approximate surface area is 110 Å². The van der Waals surface area contributed by atoms with Gasteiger partial charge in [-0.15, -0.1) is 0 Å². The van der Waals surface area contributed by atoms with Gasteiger partial charge in [-0.1, -0.05) is 18.2 Å². The summed E-state index contributed by atoms with van der Waals surface area (Å²) in [5, 5.41) is 0. The molecule has 2 aliphatic rings. The summed E-state index contributed by atoms with van der Waals surface area (Å²) in [7, 11) is 1.50. The number of carbonyl (C=O) groups is 2. The van der Waals surface area contributed by atoms with Crippen LogP contribution >= 0.6 is 0 Å². The summed E-state index contributed by atoms with van der Waals surface area (Å²) in [6.45, 7) is 2.34. The Morgan fingerprint density at radius 3 is 2.74 bits per heavy atom. The van der Waals surface area contributed by atoms with Crippen molar-refractivity contribution < 1.29 is 14.3 Å². The molecule has 0 N–H and O–H groups in total. The number of rotatable bonds is 1. The molecule has 2 heterocycles. The number of fused-ring (bicyclic) bond motifs is 2. The molecule has 0 saturated carbocycles. The number of likely N-dealkylation sites (tertiary alicyclic amines) is 1. The van der Waals surface area contributed by atoms with Crippen LogP contribution in [0.4, 0.5) is 0 Å². The average Bonchev–Trinajstić information content (AvgIpc) is 2.83. The fraction of sp³-hybridized carbons (Fsp3) is 0.357. The van der Waals surface area contributed by atoms with Crippen LogP contribution in [0.3, 0.4) is 0 Å². The van der Waals surface area contributed by atoms with Crippen LogP contribution in [0.15, 0.2) is 29.3 Å². The Morgan fingerprint density at radius 1 is 1.37 bits per heavy atom. The van der Waals surface area contributed by atoms with E-state index in [0.29, 0.717) is 12.5 Å². The third-order valence-corrected chi connectivity index (χ3v) is 3.62. The third kappa shape index (κ3) is 1.44. The van der Waals surface area contributed by atoms with E-state index in [4.69, 9.17) is 4.74 Å². The second-order valence-corrected chi connectivity index (χ2v) is 4.69. The van der Waals surface area contributed by atoms with Crippen molar-refractivity contribution in [2.24, 2.45) is 4.99 Å². The smallest absolute Gasteiger partial charge is 0.262 e. The summed E-state index contributed by atoms with van der Waals surface area (Å²) in [6, 6.07) is 7.43. The lowest BCUT2D eigenvalue weighted by molar-refractivity contribution is -0.138. The van der Waals surface area contributed by atoms with Crippen LogP contribution in [-0.4, -0.2) is 36.3 Å².